The average Bonchev–Trinajstić information content (AvgIpc) is 2.94. The molecule has 0 unspecified atom stereocenters. The van der Waals surface area contributed by atoms with Gasteiger partial charge in [0, 0.05) is 19.2 Å². The van der Waals surface area contributed by atoms with Crippen LogP contribution >= 0.6 is 11.6 Å². The van der Waals surface area contributed by atoms with E-state index < -0.39 is 27.1 Å². The van der Waals surface area contributed by atoms with Crippen LogP contribution in [0.2, 0.25) is 5.02 Å². The first-order valence-electron chi connectivity index (χ1n) is 7.84. The van der Waals surface area contributed by atoms with Gasteiger partial charge in [-0.15, -0.1) is 0 Å². The normalized spacial score (nSPS) is 10.9. The van der Waals surface area contributed by atoms with Crippen molar-refractivity contribution in [2.45, 2.75) is 13.8 Å². The second kappa shape index (κ2) is 6.85. The van der Waals surface area contributed by atoms with Gasteiger partial charge in [-0.05, 0) is 19.4 Å². The van der Waals surface area contributed by atoms with Gasteiger partial charge in [-0.2, -0.15) is 5.10 Å². The van der Waals surface area contributed by atoms with Gasteiger partial charge in [-0.1, -0.05) is 11.6 Å². The van der Waals surface area contributed by atoms with Crippen molar-refractivity contribution >= 4 is 45.7 Å². The monoisotopic (exact) mass is 404 g/mol. The van der Waals surface area contributed by atoms with Gasteiger partial charge in [-0.3, -0.25) is 25.0 Å². The van der Waals surface area contributed by atoms with E-state index in [1.54, 1.807) is 20.9 Å². The number of hydrogen-bond donors (Lipinski definition) is 1. The lowest BCUT2D eigenvalue weighted by atomic mass is 10.1. The number of non-ortho nitro benzene ring substituents is 2. The van der Waals surface area contributed by atoms with Crippen molar-refractivity contribution in [3.05, 3.63) is 60.3 Å². The van der Waals surface area contributed by atoms with E-state index in [0.717, 1.165) is 18.2 Å². The molecular weight excluding hydrogens is 392 g/mol. The number of nitrogens with zero attached hydrogens (tertiary/aromatic N) is 5. The Morgan fingerprint density at radius 2 is 1.71 bits per heavy atom. The van der Waals surface area contributed by atoms with Gasteiger partial charge in [0.25, 0.3) is 17.3 Å². The molecule has 0 fully saturated rings. The first-order chi connectivity index (χ1) is 13.1. The molecule has 3 rings (SSSR count). The lowest BCUT2D eigenvalue weighted by molar-refractivity contribution is -0.394. The van der Waals surface area contributed by atoms with Gasteiger partial charge in [0.2, 0.25) is 0 Å². The van der Waals surface area contributed by atoms with Gasteiger partial charge in [0.1, 0.15) is 0 Å². The number of pyridine rings is 1. The van der Waals surface area contributed by atoms with Crippen LogP contribution in [0.1, 0.15) is 21.6 Å². The topological polar surface area (TPSA) is 146 Å². The summed E-state index contributed by atoms with van der Waals surface area (Å²) in [6.45, 7) is 3.48. The molecule has 2 heterocycles. The Morgan fingerprint density at radius 3 is 2.25 bits per heavy atom. The quantitative estimate of drug-likeness (QED) is 0.518. The van der Waals surface area contributed by atoms with Crippen molar-refractivity contribution in [3.8, 4) is 0 Å². The van der Waals surface area contributed by atoms with Crippen LogP contribution in [-0.2, 0) is 7.05 Å². The van der Waals surface area contributed by atoms with Crippen LogP contribution in [0.3, 0.4) is 0 Å². The maximum Gasteiger partial charge on any atom is 0.277 e. The fourth-order valence-corrected chi connectivity index (χ4v) is 2.92. The van der Waals surface area contributed by atoms with Gasteiger partial charge in [-0.25, -0.2) is 9.67 Å². The van der Waals surface area contributed by atoms with Crippen molar-refractivity contribution in [1.82, 2.24) is 14.8 Å². The van der Waals surface area contributed by atoms with Gasteiger partial charge in [0.05, 0.1) is 37.6 Å². The molecule has 0 aliphatic carbocycles. The lowest BCUT2D eigenvalue weighted by Crippen LogP contribution is -2.13. The molecular formula is C16H13ClN6O5. The van der Waals surface area contributed by atoms with E-state index in [1.807, 2.05) is 0 Å². The molecule has 11 nitrogen and oxygen atoms in total. The van der Waals surface area contributed by atoms with Gasteiger partial charge >= 0.3 is 0 Å². The fraction of sp³-hybridized carbons (Fsp3) is 0.188. The molecule has 0 aliphatic rings. The van der Waals surface area contributed by atoms with Crippen LogP contribution in [-0.4, -0.2) is 30.5 Å². The molecule has 0 bridgehead atoms. The molecule has 0 atom stereocenters. The number of benzene rings is 1. The lowest BCUT2D eigenvalue weighted by Gasteiger charge is -2.06. The number of fused-ring (bicyclic) bond motifs is 1. The summed E-state index contributed by atoms with van der Waals surface area (Å²) in [5, 5.41) is 29.7. The van der Waals surface area contributed by atoms with Gasteiger partial charge in [0.15, 0.2) is 11.5 Å². The SMILES string of the molecule is Cc1nc2c(c(NC(=O)c3cc([N+](=O)[O-])cc([N+](=O)[O-])c3)nn2C)c(C)c1Cl. The van der Waals surface area contributed by atoms with E-state index in [9.17, 15) is 25.0 Å². The van der Waals surface area contributed by atoms with E-state index in [-0.39, 0.29) is 11.4 Å². The van der Waals surface area contributed by atoms with Crippen LogP contribution in [0.5, 0.6) is 0 Å². The smallest absolute Gasteiger partial charge is 0.277 e. The Balaban J connectivity index is 2.08. The highest BCUT2D eigenvalue weighted by Crippen LogP contribution is 2.32. The number of rotatable bonds is 4. The molecule has 0 saturated heterocycles. The molecule has 1 aromatic carbocycles. The molecule has 1 N–H and O–H groups in total. The third-order valence-electron chi connectivity index (χ3n) is 4.13. The molecule has 28 heavy (non-hydrogen) atoms. The Kier molecular flexibility index (Phi) is 4.69. The number of carbonyl (C=O) groups excluding carboxylic acids is 1. The van der Waals surface area contributed by atoms with E-state index in [0.29, 0.717) is 27.3 Å². The molecule has 0 radical (unpaired) electrons. The first kappa shape index (κ1) is 19.2. The summed E-state index contributed by atoms with van der Waals surface area (Å²) in [5.74, 6) is -0.647. The maximum atomic E-state index is 12.6. The Morgan fingerprint density at radius 1 is 1.14 bits per heavy atom. The summed E-state index contributed by atoms with van der Waals surface area (Å²) >= 11 is 6.24. The second-order valence-electron chi connectivity index (χ2n) is 6.01. The Hall–Kier alpha value is -3.60. The van der Waals surface area contributed by atoms with Crippen LogP contribution in [0.15, 0.2) is 18.2 Å². The van der Waals surface area contributed by atoms with Crippen molar-refractivity contribution in [1.29, 1.82) is 0 Å². The van der Waals surface area contributed by atoms with Crippen molar-refractivity contribution in [2.75, 3.05) is 5.32 Å². The molecule has 0 spiro atoms. The summed E-state index contributed by atoms with van der Waals surface area (Å²) in [5.41, 5.74) is 0.353. The number of nitro groups is 2. The van der Waals surface area contributed by atoms with E-state index in [1.165, 1.54) is 4.68 Å². The maximum absolute atomic E-state index is 12.6. The van der Waals surface area contributed by atoms with Crippen LogP contribution in [0.4, 0.5) is 17.2 Å². The second-order valence-corrected chi connectivity index (χ2v) is 6.39. The summed E-state index contributed by atoms with van der Waals surface area (Å²) in [6.07, 6.45) is 0. The van der Waals surface area contributed by atoms with Gasteiger partial charge < -0.3 is 5.32 Å². The van der Waals surface area contributed by atoms with Crippen molar-refractivity contribution < 1.29 is 14.6 Å². The molecule has 12 heteroatoms. The summed E-state index contributed by atoms with van der Waals surface area (Å²) in [7, 11) is 1.63. The highest BCUT2D eigenvalue weighted by molar-refractivity contribution is 6.33. The van der Waals surface area contributed by atoms with E-state index in [2.05, 4.69) is 15.4 Å². The first-order valence-corrected chi connectivity index (χ1v) is 8.22. The van der Waals surface area contributed by atoms with Crippen LogP contribution in [0, 0.1) is 34.1 Å². The number of amides is 1. The highest BCUT2D eigenvalue weighted by atomic mass is 35.5. The number of anilines is 1. The minimum Gasteiger partial charge on any atom is -0.304 e. The number of hydrogen-bond acceptors (Lipinski definition) is 7. The highest BCUT2D eigenvalue weighted by Gasteiger charge is 2.22. The number of halogens is 1. The number of nitrogens with one attached hydrogen (secondary N) is 1. The summed E-state index contributed by atoms with van der Waals surface area (Å²) < 4.78 is 1.46. The zero-order chi connectivity index (χ0) is 20.7. The zero-order valence-corrected chi connectivity index (χ0v) is 15.6. The number of aryl methyl sites for hydroxylation is 3. The average molecular weight is 405 g/mol. The van der Waals surface area contributed by atoms with Crippen molar-refractivity contribution in [2.24, 2.45) is 7.05 Å². The van der Waals surface area contributed by atoms with Crippen molar-refractivity contribution in [3.63, 3.8) is 0 Å². The van der Waals surface area contributed by atoms with Crippen LogP contribution < -0.4 is 5.32 Å². The molecule has 0 saturated carbocycles. The Bertz CT molecular complexity index is 1140. The molecule has 144 valence electrons. The molecule has 1 amide bonds. The van der Waals surface area contributed by atoms with E-state index >= 15 is 0 Å². The number of nitro benzene ring substituents is 2. The van der Waals surface area contributed by atoms with Crippen LogP contribution in [0.25, 0.3) is 11.0 Å². The third kappa shape index (κ3) is 3.22. The predicted molar refractivity (Wildman–Crippen MR) is 101 cm³/mol. The minimum atomic E-state index is -0.809. The predicted octanol–water partition coefficient (Wildman–Crippen LogP) is 3.31. The third-order valence-corrected chi connectivity index (χ3v) is 4.69. The number of carbonyl (C=O) groups is 1. The Labute approximate surface area is 162 Å². The summed E-state index contributed by atoms with van der Waals surface area (Å²) in [6, 6.07) is 2.69. The molecule has 0 aliphatic heterocycles. The van der Waals surface area contributed by atoms with E-state index in [4.69, 9.17) is 11.6 Å². The fourth-order valence-electron chi connectivity index (χ4n) is 2.78. The molecule has 2 aromatic heterocycles. The zero-order valence-electron chi connectivity index (χ0n) is 14.9. The standard InChI is InChI=1S/C16H13ClN6O5/c1-7-12-14(20-21(3)15(12)18-8(2)13(7)17)19-16(24)9-4-10(22(25)26)6-11(5-9)23(27)28/h4-6H,1-3H3,(H,19,20,24). The minimum absolute atomic E-state index is 0.142. The summed E-state index contributed by atoms with van der Waals surface area (Å²) in [4.78, 5) is 37.4. The number of aromatic nitrogens is 3. The molecule has 3 aromatic rings. The largest absolute Gasteiger partial charge is 0.304 e.